The number of nitriles is 1. The van der Waals surface area contributed by atoms with Crippen LogP contribution >= 0.6 is 11.3 Å². The molecule has 1 N–H and O–H groups in total. The van der Waals surface area contributed by atoms with Crippen LogP contribution in [0.4, 0.5) is 10.1 Å². The van der Waals surface area contributed by atoms with E-state index in [0.717, 1.165) is 0 Å². The van der Waals surface area contributed by atoms with Crippen LogP contribution in [0.25, 0.3) is 0 Å². The summed E-state index contributed by atoms with van der Waals surface area (Å²) in [5.74, 6) is -0.662. The SMILES string of the molecule is COc1ccsc1C(=O)Nc1cccc(F)c1C#N. The number of methoxy groups -OCH3 is 1. The minimum atomic E-state index is -0.668. The van der Waals surface area contributed by atoms with E-state index in [0.29, 0.717) is 10.6 Å². The summed E-state index contributed by atoms with van der Waals surface area (Å²) in [5, 5.41) is 13.1. The topological polar surface area (TPSA) is 62.1 Å². The van der Waals surface area contributed by atoms with Gasteiger partial charge in [-0.3, -0.25) is 4.79 Å². The molecule has 2 rings (SSSR count). The Hall–Kier alpha value is -2.39. The van der Waals surface area contributed by atoms with Gasteiger partial charge in [-0.2, -0.15) is 5.26 Å². The lowest BCUT2D eigenvalue weighted by molar-refractivity contribution is 0.102. The maximum atomic E-state index is 13.4. The molecule has 0 spiro atoms. The summed E-state index contributed by atoms with van der Waals surface area (Å²) >= 11 is 1.21. The molecule has 6 heteroatoms. The Morgan fingerprint density at radius 3 is 2.95 bits per heavy atom. The van der Waals surface area contributed by atoms with Crippen molar-refractivity contribution in [2.45, 2.75) is 0 Å². The van der Waals surface area contributed by atoms with Gasteiger partial charge in [-0.25, -0.2) is 4.39 Å². The molecule has 0 radical (unpaired) electrons. The van der Waals surface area contributed by atoms with Gasteiger partial charge in [0.2, 0.25) is 0 Å². The molecule has 0 aliphatic rings. The van der Waals surface area contributed by atoms with E-state index >= 15 is 0 Å². The highest BCUT2D eigenvalue weighted by Gasteiger charge is 2.16. The second kappa shape index (κ2) is 5.50. The summed E-state index contributed by atoms with van der Waals surface area (Å²) in [6, 6.07) is 7.46. The van der Waals surface area contributed by atoms with Gasteiger partial charge in [0.1, 0.15) is 28.1 Å². The quantitative estimate of drug-likeness (QED) is 0.937. The molecular weight excluding hydrogens is 267 g/mol. The van der Waals surface area contributed by atoms with E-state index in [1.807, 2.05) is 0 Å². The van der Waals surface area contributed by atoms with Gasteiger partial charge in [0.05, 0.1) is 12.8 Å². The van der Waals surface area contributed by atoms with Crippen LogP contribution in [0, 0.1) is 17.1 Å². The molecule has 0 bridgehead atoms. The van der Waals surface area contributed by atoms with Crippen LogP contribution in [0.3, 0.4) is 0 Å². The van der Waals surface area contributed by atoms with Crippen molar-refractivity contribution in [2.75, 3.05) is 12.4 Å². The molecule has 0 saturated carbocycles. The first-order valence-corrected chi connectivity index (χ1v) is 6.16. The molecule has 1 heterocycles. The highest BCUT2D eigenvalue weighted by Crippen LogP contribution is 2.26. The maximum absolute atomic E-state index is 13.4. The van der Waals surface area contributed by atoms with Gasteiger partial charge >= 0.3 is 0 Å². The number of thiophene rings is 1. The molecule has 0 unspecified atom stereocenters. The molecule has 1 aromatic carbocycles. The summed E-state index contributed by atoms with van der Waals surface area (Å²) in [5.41, 5.74) is -0.0469. The van der Waals surface area contributed by atoms with Crippen LogP contribution < -0.4 is 10.1 Å². The number of hydrogen-bond acceptors (Lipinski definition) is 4. The number of benzene rings is 1. The molecule has 0 fully saturated rings. The Kier molecular flexibility index (Phi) is 3.78. The second-order valence-electron chi connectivity index (χ2n) is 3.55. The first-order valence-electron chi connectivity index (χ1n) is 5.28. The predicted octanol–water partition coefficient (Wildman–Crippen LogP) is 3.02. The fraction of sp³-hybridized carbons (Fsp3) is 0.0769. The zero-order valence-corrected chi connectivity index (χ0v) is 10.8. The van der Waals surface area contributed by atoms with Gasteiger partial charge in [-0.1, -0.05) is 6.07 Å². The highest BCUT2D eigenvalue weighted by molar-refractivity contribution is 7.12. The zero-order valence-electron chi connectivity index (χ0n) is 9.94. The van der Waals surface area contributed by atoms with Crippen molar-refractivity contribution in [2.24, 2.45) is 0 Å². The molecule has 19 heavy (non-hydrogen) atoms. The molecular formula is C13H9FN2O2S. The molecule has 1 aromatic heterocycles. The van der Waals surface area contributed by atoms with E-state index in [1.54, 1.807) is 17.5 Å². The molecule has 0 saturated heterocycles. The monoisotopic (exact) mass is 276 g/mol. The number of hydrogen-bond donors (Lipinski definition) is 1. The zero-order chi connectivity index (χ0) is 13.8. The van der Waals surface area contributed by atoms with Crippen LogP contribution in [-0.2, 0) is 0 Å². The van der Waals surface area contributed by atoms with Crippen LogP contribution in [0.5, 0.6) is 5.75 Å². The number of ether oxygens (including phenoxy) is 1. The van der Waals surface area contributed by atoms with Crippen LogP contribution in [0.15, 0.2) is 29.6 Å². The fourth-order valence-corrected chi connectivity index (χ4v) is 2.30. The molecule has 0 aliphatic carbocycles. The molecule has 4 nitrogen and oxygen atoms in total. The van der Waals surface area contributed by atoms with Crippen LogP contribution in [0.1, 0.15) is 15.2 Å². The standard InChI is InChI=1S/C13H9FN2O2S/c1-18-11-5-6-19-12(11)13(17)16-10-4-2-3-9(14)8(10)7-15/h2-6H,1H3,(H,16,17). The van der Waals surface area contributed by atoms with Gasteiger partial charge in [0.25, 0.3) is 5.91 Å². The summed E-state index contributed by atoms with van der Waals surface area (Å²) in [6.07, 6.45) is 0. The Morgan fingerprint density at radius 2 is 2.26 bits per heavy atom. The van der Waals surface area contributed by atoms with Crippen molar-refractivity contribution in [3.05, 3.63) is 45.9 Å². The highest BCUT2D eigenvalue weighted by atomic mass is 32.1. The van der Waals surface area contributed by atoms with E-state index in [9.17, 15) is 9.18 Å². The van der Waals surface area contributed by atoms with Crippen molar-refractivity contribution in [1.29, 1.82) is 5.26 Å². The van der Waals surface area contributed by atoms with E-state index in [4.69, 9.17) is 10.00 Å². The molecule has 2 aromatic rings. The number of nitrogens with zero attached hydrogens (tertiary/aromatic N) is 1. The Bertz CT molecular complexity index is 661. The number of carbonyl (C=O) groups excluding carboxylic acids is 1. The first-order chi connectivity index (χ1) is 9.17. The Morgan fingerprint density at radius 1 is 1.47 bits per heavy atom. The maximum Gasteiger partial charge on any atom is 0.269 e. The number of halogens is 1. The molecule has 0 aliphatic heterocycles. The lowest BCUT2D eigenvalue weighted by Gasteiger charge is -2.07. The summed E-state index contributed by atoms with van der Waals surface area (Å²) in [6.45, 7) is 0. The van der Waals surface area contributed by atoms with Crippen molar-refractivity contribution >= 4 is 22.9 Å². The van der Waals surface area contributed by atoms with Crippen LogP contribution in [-0.4, -0.2) is 13.0 Å². The number of amides is 1. The van der Waals surface area contributed by atoms with Crippen molar-refractivity contribution in [3.63, 3.8) is 0 Å². The van der Waals surface area contributed by atoms with Crippen molar-refractivity contribution in [3.8, 4) is 11.8 Å². The fourth-order valence-electron chi connectivity index (χ4n) is 1.54. The van der Waals surface area contributed by atoms with Gasteiger partial charge < -0.3 is 10.1 Å². The van der Waals surface area contributed by atoms with Gasteiger partial charge in [-0.15, -0.1) is 11.3 Å². The summed E-state index contributed by atoms with van der Waals surface area (Å²) < 4.78 is 18.4. The molecule has 0 atom stereocenters. The Balaban J connectivity index is 2.30. The van der Waals surface area contributed by atoms with Gasteiger partial charge in [0, 0.05) is 0 Å². The van der Waals surface area contributed by atoms with E-state index < -0.39 is 11.7 Å². The molecule has 1 amide bonds. The normalized spacial score (nSPS) is 9.74. The third kappa shape index (κ3) is 2.56. The second-order valence-corrected chi connectivity index (χ2v) is 4.46. The predicted molar refractivity (Wildman–Crippen MR) is 69.9 cm³/mol. The lowest BCUT2D eigenvalue weighted by Crippen LogP contribution is -2.12. The smallest absolute Gasteiger partial charge is 0.269 e. The van der Waals surface area contributed by atoms with E-state index in [2.05, 4.69) is 5.32 Å². The van der Waals surface area contributed by atoms with E-state index in [-0.39, 0.29) is 11.3 Å². The molecule has 96 valence electrons. The third-order valence-corrected chi connectivity index (χ3v) is 3.32. The number of carbonyl (C=O) groups is 1. The average molecular weight is 276 g/mol. The largest absolute Gasteiger partial charge is 0.495 e. The third-order valence-electron chi connectivity index (χ3n) is 2.43. The number of anilines is 1. The van der Waals surface area contributed by atoms with Crippen LogP contribution in [0.2, 0.25) is 0 Å². The van der Waals surface area contributed by atoms with Crippen molar-refractivity contribution < 1.29 is 13.9 Å². The first kappa shape index (κ1) is 13.1. The summed E-state index contributed by atoms with van der Waals surface area (Å²) in [4.78, 5) is 12.4. The van der Waals surface area contributed by atoms with E-state index in [1.165, 1.54) is 36.6 Å². The lowest BCUT2D eigenvalue weighted by atomic mass is 10.2. The summed E-state index contributed by atoms with van der Waals surface area (Å²) in [7, 11) is 1.46. The van der Waals surface area contributed by atoms with Crippen molar-refractivity contribution in [1.82, 2.24) is 0 Å². The van der Waals surface area contributed by atoms with Gasteiger partial charge in [0.15, 0.2) is 0 Å². The van der Waals surface area contributed by atoms with Gasteiger partial charge in [-0.05, 0) is 23.6 Å². The Labute approximate surface area is 113 Å². The number of nitrogens with one attached hydrogen (secondary N) is 1. The minimum absolute atomic E-state index is 0.142. The average Bonchev–Trinajstić information content (AvgIpc) is 2.87. The number of rotatable bonds is 3. The minimum Gasteiger partial charge on any atom is -0.495 e.